The number of aromatic nitrogens is 1. The second-order valence-electron chi connectivity index (χ2n) is 3.89. The first-order valence-corrected chi connectivity index (χ1v) is 6.31. The summed E-state index contributed by atoms with van der Waals surface area (Å²) in [5.74, 6) is 0.102. The molecule has 2 unspecified atom stereocenters. The lowest BCUT2D eigenvalue weighted by Crippen LogP contribution is -2.15. The third-order valence-corrected chi connectivity index (χ3v) is 4.10. The second kappa shape index (κ2) is 5.37. The van der Waals surface area contributed by atoms with Crippen LogP contribution in [-0.4, -0.2) is 34.0 Å². The maximum absolute atomic E-state index is 8.62. The summed E-state index contributed by atoms with van der Waals surface area (Å²) in [5, 5.41) is 12.9. The van der Waals surface area contributed by atoms with Crippen LogP contribution in [0.1, 0.15) is 18.9 Å². The highest BCUT2D eigenvalue weighted by atomic mass is 32.2. The zero-order valence-electron chi connectivity index (χ0n) is 9.54. The van der Waals surface area contributed by atoms with Crippen molar-refractivity contribution in [3.63, 3.8) is 0 Å². The van der Waals surface area contributed by atoms with E-state index in [4.69, 9.17) is 15.7 Å². The van der Waals surface area contributed by atoms with Crippen molar-refractivity contribution < 1.29 is 9.94 Å². The standard InChI is InChI=1S/C11H15N3O2S/c1-7-9(3-5-16-7)17-10-6-8(2-4-13-10)11(12)14-15/h2,4,6-7,9,15H,3,5H2,1H3,(H2,12,14). The van der Waals surface area contributed by atoms with Crippen LogP contribution in [0.4, 0.5) is 0 Å². The summed E-state index contributed by atoms with van der Waals surface area (Å²) in [6.07, 6.45) is 2.94. The highest BCUT2D eigenvalue weighted by molar-refractivity contribution is 7.99. The molecule has 0 spiro atoms. The molecule has 3 N–H and O–H groups in total. The van der Waals surface area contributed by atoms with Gasteiger partial charge in [-0.2, -0.15) is 0 Å². The Morgan fingerprint density at radius 1 is 1.71 bits per heavy atom. The second-order valence-corrected chi connectivity index (χ2v) is 5.15. The molecule has 2 atom stereocenters. The van der Waals surface area contributed by atoms with Gasteiger partial charge in [0.2, 0.25) is 0 Å². The van der Waals surface area contributed by atoms with Crippen molar-refractivity contribution in [3.05, 3.63) is 23.9 Å². The SMILES string of the molecule is CC1OCCC1Sc1cc(/C(N)=N/O)ccn1. The van der Waals surface area contributed by atoms with E-state index in [2.05, 4.69) is 17.1 Å². The largest absolute Gasteiger partial charge is 0.409 e. The van der Waals surface area contributed by atoms with Gasteiger partial charge < -0.3 is 15.7 Å². The van der Waals surface area contributed by atoms with Gasteiger partial charge in [0.25, 0.3) is 0 Å². The number of hydrogen-bond donors (Lipinski definition) is 2. The van der Waals surface area contributed by atoms with Gasteiger partial charge in [0.15, 0.2) is 5.84 Å². The van der Waals surface area contributed by atoms with E-state index in [0.717, 1.165) is 18.1 Å². The van der Waals surface area contributed by atoms with Crippen molar-refractivity contribution in [2.75, 3.05) is 6.61 Å². The predicted molar refractivity (Wildman–Crippen MR) is 66.4 cm³/mol. The third kappa shape index (κ3) is 2.89. The number of rotatable bonds is 3. The van der Waals surface area contributed by atoms with Crippen LogP contribution in [0.15, 0.2) is 28.5 Å². The fourth-order valence-electron chi connectivity index (χ4n) is 1.71. The van der Waals surface area contributed by atoms with Crippen molar-refractivity contribution in [3.8, 4) is 0 Å². The summed E-state index contributed by atoms with van der Waals surface area (Å²) in [5.41, 5.74) is 6.21. The average molecular weight is 253 g/mol. The molecule has 1 saturated heterocycles. The van der Waals surface area contributed by atoms with Crippen molar-refractivity contribution >= 4 is 17.6 Å². The summed E-state index contributed by atoms with van der Waals surface area (Å²) in [6, 6.07) is 3.54. The van der Waals surface area contributed by atoms with Crippen LogP contribution in [0.2, 0.25) is 0 Å². The van der Waals surface area contributed by atoms with Gasteiger partial charge >= 0.3 is 0 Å². The Bertz CT molecular complexity index is 425. The molecule has 0 radical (unpaired) electrons. The highest BCUT2D eigenvalue weighted by Crippen LogP contribution is 2.31. The van der Waals surface area contributed by atoms with Crippen LogP contribution in [0, 0.1) is 0 Å². The van der Waals surface area contributed by atoms with Gasteiger partial charge in [-0.1, -0.05) is 5.16 Å². The molecule has 1 aromatic rings. The van der Waals surface area contributed by atoms with E-state index >= 15 is 0 Å². The summed E-state index contributed by atoms with van der Waals surface area (Å²) in [6.45, 7) is 2.87. The lowest BCUT2D eigenvalue weighted by Gasteiger charge is -2.12. The Hall–Kier alpha value is -1.27. The first-order chi connectivity index (χ1) is 8.20. The minimum atomic E-state index is 0.102. The van der Waals surface area contributed by atoms with Crippen LogP contribution in [0.25, 0.3) is 0 Å². The quantitative estimate of drug-likeness (QED) is 0.369. The molecule has 2 heterocycles. The lowest BCUT2D eigenvalue weighted by molar-refractivity contribution is 0.127. The molecule has 0 amide bonds. The fourth-order valence-corrected chi connectivity index (χ4v) is 2.82. The average Bonchev–Trinajstić information content (AvgIpc) is 2.74. The third-order valence-electron chi connectivity index (χ3n) is 2.72. The van der Waals surface area contributed by atoms with Gasteiger partial charge in [-0.15, -0.1) is 11.8 Å². The van der Waals surface area contributed by atoms with Gasteiger partial charge in [-0.3, -0.25) is 0 Å². The molecule has 2 rings (SSSR count). The van der Waals surface area contributed by atoms with E-state index in [1.807, 2.05) is 6.07 Å². The molecule has 0 aliphatic carbocycles. The van der Waals surface area contributed by atoms with E-state index < -0.39 is 0 Å². The number of nitrogens with two attached hydrogens (primary N) is 1. The molecular weight excluding hydrogens is 238 g/mol. The van der Waals surface area contributed by atoms with Crippen molar-refractivity contribution in [1.29, 1.82) is 0 Å². The number of amidine groups is 1. The summed E-state index contributed by atoms with van der Waals surface area (Å²) >= 11 is 1.67. The molecule has 1 aliphatic heterocycles. The number of ether oxygens (including phenoxy) is 1. The molecule has 17 heavy (non-hydrogen) atoms. The van der Waals surface area contributed by atoms with Crippen molar-refractivity contribution in [2.45, 2.75) is 29.7 Å². The van der Waals surface area contributed by atoms with Crippen LogP contribution < -0.4 is 5.73 Å². The van der Waals surface area contributed by atoms with Gasteiger partial charge in [-0.25, -0.2) is 4.98 Å². The van der Waals surface area contributed by atoms with E-state index in [1.165, 1.54) is 0 Å². The van der Waals surface area contributed by atoms with Crippen LogP contribution in [-0.2, 0) is 4.74 Å². The van der Waals surface area contributed by atoms with Crippen molar-refractivity contribution in [1.82, 2.24) is 4.98 Å². The topological polar surface area (TPSA) is 80.7 Å². The number of pyridine rings is 1. The molecular formula is C11H15N3O2S. The lowest BCUT2D eigenvalue weighted by atomic mass is 10.2. The summed E-state index contributed by atoms with van der Waals surface area (Å²) < 4.78 is 5.50. The Balaban J connectivity index is 2.11. The number of oxime groups is 1. The van der Waals surface area contributed by atoms with E-state index in [9.17, 15) is 0 Å². The molecule has 0 aromatic carbocycles. The highest BCUT2D eigenvalue weighted by Gasteiger charge is 2.25. The minimum Gasteiger partial charge on any atom is -0.409 e. The zero-order chi connectivity index (χ0) is 12.3. The molecule has 1 fully saturated rings. The molecule has 6 heteroatoms. The monoisotopic (exact) mass is 253 g/mol. The number of hydrogen-bond acceptors (Lipinski definition) is 5. The Labute approximate surface area is 104 Å². The van der Waals surface area contributed by atoms with Crippen LogP contribution in [0.3, 0.4) is 0 Å². The molecule has 0 bridgehead atoms. The molecule has 0 saturated carbocycles. The zero-order valence-corrected chi connectivity index (χ0v) is 10.4. The van der Waals surface area contributed by atoms with Gasteiger partial charge in [0, 0.05) is 23.6 Å². The van der Waals surface area contributed by atoms with Crippen molar-refractivity contribution in [2.24, 2.45) is 10.9 Å². The number of thioether (sulfide) groups is 1. The predicted octanol–water partition coefficient (Wildman–Crippen LogP) is 1.45. The first-order valence-electron chi connectivity index (χ1n) is 5.43. The Morgan fingerprint density at radius 3 is 3.18 bits per heavy atom. The molecule has 92 valence electrons. The smallest absolute Gasteiger partial charge is 0.170 e. The molecule has 1 aliphatic rings. The maximum atomic E-state index is 8.62. The Kier molecular flexibility index (Phi) is 3.86. The van der Waals surface area contributed by atoms with Crippen LogP contribution in [0.5, 0.6) is 0 Å². The van der Waals surface area contributed by atoms with Gasteiger partial charge in [-0.05, 0) is 25.5 Å². The Morgan fingerprint density at radius 2 is 2.53 bits per heavy atom. The van der Waals surface area contributed by atoms with E-state index in [1.54, 1.807) is 24.0 Å². The van der Waals surface area contributed by atoms with Gasteiger partial charge in [0.1, 0.15) is 0 Å². The number of nitrogens with zero attached hydrogens (tertiary/aromatic N) is 2. The van der Waals surface area contributed by atoms with Gasteiger partial charge in [0.05, 0.1) is 11.1 Å². The van der Waals surface area contributed by atoms with E-state index in [-0.39, 0.29) is 11.9 Å². The maximum Gasteiger partial charge on any atom is 0.170 e. The normalized spacial score (nSPS) is 25.1. The first kappa shape index (κ1) is 12.2. The molecule has 1 aromatic heterocycles. The molecule has 5 nitrogen and oxygen atoms in total. The minimum absolute atomic E-state index is 0.102. The van der Waals surface area contributed by atoms with Crippen LogP contribution >= 0.6 is 11.8 Å². The summed E-state index contributed by atoms with van der Waals surface area (Å²) in [4.78, 5) is 4.27. The fraction of sp³-hybridized carbons (Fsp3) is 0.455. The van der Waals surface area contributed by atoms with E-state index in [0.29, 0.717) is 10.8 Å². The summed E-state index contributed by atoms with van der Waals surface area (Å²) in [7, 11) is 0.